The highest BCUT2D eigenvalue weighted by atomic mass is 16.2. The number of carbonyl (C=O) groups excluding carboxylic acids is 1. The molecule has 0 radical (unpaired) electrons. The molecule has 0 unspecified atom stereocenters. The summed E-state index contributed by atoms with van der Waals surface area (Å²) < 4.78 is 0. The number of likely N-dealkylation sites (N-methyl/N-ethyl adjacent to an activating group) is 1. The maximum Gasteiger partial charge on any atom is 0.236 e. The number of piperazine rings is 1. The van der Waals surface area contributed by atoms with Crippen LogP contribution in [-0.4, -0.2) is 67.4 Å². The fourth-order valence-electron chi connectivity index (χ4n) is 3.24. The van der Waals surface area contributed by atoms with Crippen LogP contribution in [0.4, 0.5) is 0 Å². The van der Waals surface area contributed by atoms with Gasteiger partial charge in [0, 0.05) is 46.8 Å². The number of carbonyl (C=O) groups is 1. The highest BCUT2D eigenvalue weighted by Crippen LogP contribution is 2.24. The average Bonchev–Trinajstić information content (AvgIpc) is 2.64. The number of hydrogen-bond acceptors (Lipinski definition) is 3. The summed E-state index contributed by atoms with van der Waals surface area (Å²) in [5.74, 6) is 0.183. The highest BCUT2D eigenvalue weighted by Gasteiger charge is 2.20. The van der Waals surface area contributed by atoms with Crippen LogP contribution in [0, 0.1) is 0 Å². The standard InChI is InChI=1S/C21H27N3O/c1-22(2)21(25)17-24-14-12-23(13-15-24)16-19-10-6-7-11-20(19)18-8-4-3-5-9-18/h3-11H,12-17H2,1-2H3. The number of amides is 1. The number of benzene rings is 2. The van der Waals surface area contributed by atoms with Crippen molar-refractivity contribution in [3.05, 3.63) is 60.2 Å². The zero-order valence-electron chi connectivity index (χ0n) is 15.2. The SMILES string of the molecule is CN(C)C(=O)CN1CCN(Cc2ccccc2-c2ccccc2)CC1. The van der Waals surface area contributed by atoms with Gasteiger partial charge in [0.05, 0.1) is 6.54 Å². The first kappa shape index (κ1) is 17.6. The fraction of sp³-hybridized carbons (Fsp3) is 0.381. The molecule has 0 aromatic heterocycles. The third-order valence-electron chi connectivity index (χ3n) is 4.82. The van der Waals surface area contributed by atoms with Crippen molar-refractivity contribution in [1.82, 2.24) is 14.7 Å². The lowest BCUT2D eigenvalue weighted by molar-refractivity contribution is -0.130. The Morgan fingerprint density at radius 2 is 1.48 bits per heavy atom. The molecule has 1 amide bonds. The summed E-state index contributed by atoms with van der Waals surface area (Å²) in [6.07, 6.45) is 0. The molecule has 1 aliphatic heterocycles. The quantitative estimate of drug-likeness (QED) is 0.839. The van der Waals surface area contributed by atoms with Crippen molar-refractivity contribution >= 4 is 5.91 Å². The maximum atomic E-state index is 11.9. The van der Waals surface area contributed by atoms with Crippen LogP contribution in [0.5, 0.6) is 0 Å². The van der Waals surface area contributed by atoms with Gasteiger partial charge in [-0.1, -0.05) is 54.6 Å². The molecule has 3 rings (SSSR count). The first-order valence-electron chi connectivity index (χ1n) is 8.91. The Labute approximate surface area is 150 Å². The zero-order chi connectivity index (χ0) is 17.6. The van der Waals surface area contributed by atoms with E-state index in [4.69, 9.17) is 0 Å². The van der Waals surface area contributed by atoms with Gasteiger partial charge in [0.15, 0.2) is 0 Å². The predicted octanol–water partition coefficient (Wildman–Crippen LogP) is 2.56. The van der Waals surface area contributed by atoms with Gasteiger partial charge >= 0.3 is 0 Å². The second kappa shape index (κ2) is 8.28. The molecule has 2 aromatic carbocycles. The molecule has 0 spiro atoms. The summed E-state index contributed by atoms with van der Waals surface area (Å²) in [5.41, 5.74) is 3.95. The van der Waals surface area contributed by atoms with E-state index >= 15 is 0 Å². The van der Waals surface area contributed by atoms with E-state index in [1.54, 1.807) is 4.90 Å². The van der Waals surface area contributed by atoms with E-state index in [0.29, 0.717) is 6.54 Å². The first-order chi connectivity index (χ1) is 12.1. The van der Waals surface area contributed by atoms with E-state index in [0.717, 1.165) is 32.7 Å². The van der Waals surface area contributed by atoms with Crippen molar-refractivity contribution in [3.63, 3.8) is 0 Å². The van der Waals surface area contributed by atoms with E-state index in [1.165, 1.54) is 16.7 Å². The van der Waals surface area contributed by atoms with E-state index in [2.05, 4.69) is 64.4 Å². The summed E-state index contributed by atoms with van der Waals surface area (Å²) in [6.45, 7) is 5.40. The van der Waals surface area contributed by atoms with Crippen LogP contribution in [0.2, 0.25) is 0 Å². The topological polar surface area (TPSA) is 26.8 Å². The van der Waals surface area contributed by atoms with Crippen LogP contribution in [0.3, 0.4) is 0 Å². The molecule has 132 valence electrons. The van der Waals surface area contributed by atoms with Crippen LogP contribution in [0.1, 0.15) is 5.56 Å². The van der Waals surface area contributed by atoms with E-state index in [1.807, 2.05) is 14.1 Å². The van der Waals surface area contributed by atoms with Crippen molar-refractivity contribution in [2.75, 3.05) is 46.8 Å². The van der Waals surface area contributed by atoms with E-state index in [9.17, 15) is 4.79 Å². The summed E-state index contributed by atoms with van der Waals surface area (Å²) in [4.78, 5) is 18.3. The molecule has 4 nitrogen and oxygen atoms in total. The minimum Gasteiger partial charge on any atom is -0.348 e. The molecular formula is C21H27N3O. The molecule has 0 atom stereocenters. The van der Waals surface area contributed by atoms with Gasteiger partial charge < -0.3 is 4.90 Å². The first-order valence-corrected chi connectivity index (χ1v) is 8.91. The fourth-order valence-corrected chi connectivity index (χ4v) is 3.24. The molecule has 25 heavy (non-hydrogen) atoms. The lowest BCUT2D eigenvalue weighted by Crippen LogP contribution is -2.48. The Morgan fingerprint density at radius 3 is 2.16 bits per heavy atom. The zero-order valence-corrected chi connectivity index (χ0v) is 15.2. The second-order valence-corrected chi connectivity index (χ2v) is 6.86. The average molecular weight is 337 g/mol. The summed E-state index contributed by atoms with van der Waals surface area (Å²) in [7, 11) is 3.64. The molecular weight excluding hydrogens is 310 g/mol. The van der Waals surface area contributed by atoms with Gasteiger partial charge in [-0.15, -0.1) is 0 Å². The predicted molar refractivity (Wildman–Crippen MR) is 102 cm³/mol. The Balaban J connectivity index is 1.61. The maximum absolute atomic E-state index is 11.9. The Morgan fingerprint density at radius 1 is 0.880 bits per heavy atom. The molecule has 1 heterocycles. The summed E-state index contributed by atoms with van der Waals surface area (Å²) >= 11 is 0. The Hall–Kier alpha value is -2.17. The molecule has 4 heteroatoms. The molecule has 0 N–H and O–H groups in total. The molecule has 0 saturated carbocycles. The second-order valence-electron chi connectivity index (χ2n) is 6.86. The lowest BCUT2D eigenvalue weighted by atomic mass is 9.99. The third-order valence-corrected chi connectivity index (χ3v) is 4.82. The lowest BCUT2D eigenvalue weighted by Gasteiger charge is -2.35. The van der Waals surface area contributed by atoms with Crippen LogP contribution in [-0.2, 0) is 11.3 Å². The van der Waals surface area contributed by atoms with Crippen molar-refractivity contribution in [2.45, 2.75) is 6.54 Å². The van der Waals surface area contributed by atoms with Gasteiger partial charge in [-0.25, -0.2) is 0 Å². The van der Waals surface area contributed by atoms with Gasteiger partial charge in [-0.3, -0.25) is 14.6 Å². The van der Waals surface area contributed by atoms with Crippen molar-refractivity contribution in [1.29, 1.82) is 0 Å². The van der Waals surface area contributed by atoms with Crippen LogP contribution in [0.15, 0.2) is 54.6 Å². The van der Waals surface area contributed by atoms with Crippen molar-refractivity contribution in [3.8, 4) is 11.1 Å². The molecule has 1 saturated heterocycles. The van der Waals surface area contributed by atoms with Crippen LogP contribution in [0.25, 0.3) is 11.1 Å². The van der Waals surface area contributed by atoms with Gasteiger partial charge in [0.1, 0.15) is 0 Å². The third kappa shape index (κ3) is 4.68. The Kier molecular flexibility index (Phi) is 5.84. The molecule has 1 aliphatic rings. The summed E-state index contributed by atoms with van der Waals surface area (Å²) in [5, 5.41) is 0. The number of rotatable bonds is 5. The molecule has 0 aliphatic carbocycles. The molecule has 2 aromatic rings. The van der Waals surface area contributed by atoms with Gasteiger partial charge in [0.25, 0.3) is 0 Å². The Bertz CT molecular complexity index is 691. The van der Waals surface area contributed by atoms with Crippen molar-refractivity contribution in [2.24, 2.45) is 0 Å². The minimum absolute atomic E-state index is 0.183. The number of hydrogen-bond donors (Lipinski definition) is 0. The number of nitrogens with zero attached hydrogens (tertiary/aromatic N) is 3. The normalized spacial score (nSPS) is 15.9. The van der Waals surface area contributed by atoms with Gasteiger partial charge in [-0.2, -0.15) is 0 Å². The van der Waals surface area contributed by atoms with Crippen LogP contribution >= 0.6 is 0 Å². The van der Waals surface area contributed by atoms with Gasteiger partial charge in [-0.05, 0) is 16.7 Å². The van der Waals surface area contributed by atoms with Crippen LogP contribution < -0.4 is 0 Å². The van der Waals surface area contributed by atoms with E-state index in [-0.39, 0.29) is 5.91 Å². The highest BCUT2D eigenvalue weighted by molar-refractivity contribution is 5.77. The van der Waals surface area contributed by atoms with E-state index < -0.39 is 0 Å². The monoisotopic (exact) mass is 337 g/mol. The minimum atomic E-state index is 0.183. The molecule has 1 fully saturated rings. The molecule has 0 bridgehead atoms. The largest absolute Gasteiger partial charge is 0.348 e. The van der Waals surface area contributed by atoms with Gasteiger partial charge in [0.2, 0.25) is 5.91 Å². The smallest absolute Gasteiger partial charge is 0.236 e. The van der Waals surface area contributed by atoms with Crippen molar-refractivity contribution < 1.29 is 4.79 Å². The summed E-state index contributed by atoms with van der Waals surface area (Å²) in [6, 6.07) is 19.2.